The standard InChI is InChI=1S/C28H34ClN3O3S/c1-4-6-7-8-9-10-15-35-27-24(29)16-21(17-26(27)34-5-2)18-30-32-28(33)23-13-11-22(12-14-23)25-19-36-20(3)31-25/h11-14,16-19H,4-10,15H2,1-3H3,(H,32,33)/b30-18+. The lowest BCUT2D eigenvalue weighted by Crippen LogP contribution is -2.17. The number of hydrogen-bond acceptors (Lipinski definition) is 6. The summed E-state index contributed by atoms with van der Waals surface area (Å²) in [6, 6.07) is 10.8. The zero-order valence-corrected chi connectivity index (χ0v) is 22.8. The second kappa shape index (κ2) is 14.6. The number of thiazole rings is 1. The van der Waals surface area contributed by atoms with Crippen LogP contribution in [0, 0.1) is 6.92 Å². The maximum atomic E-state index is 12.5. The monoisotopic (exact) mass is 527 g/mol. The van der Waals surface area contributed by atoms with Crippen molar-refractivity contribution in [2.45, 2.75) is 59.3 Å². The molecule has 0 atom stereocenters. The summed E-state index contributed by atoms with van der Waals surface area (Å²) in [4.78, 5) is 17.0. The summed E-state index contributed by atoms with van der Waals surface area (Å²) in [7, 11) is 0. The molecule has 0 radical (unpaired) electrons. The molecule has 0 aliphatic heterocycles. The van der Waals surface area contributed by atoms with Crippen LogP contribution in [0.4, 0.5) is 0 Å². The predicted molar refractivity (Wildman–Crippen MR) is 149 cm³/mol. The highest BCUT2D eigenvalue weighted by Crippen LogP contribution is 2.36. The zero-order valence-electron chi connectivity index (χ0n) is 21.2. The Bertz CT molecular complexity index is 1150. The lowest BCUT2D eigenvalue weighted by atomic mass is 10.1. The molecule has 1 N–H and O–H groups in total. The molecule has 6 nitrogen and oxygen atoms in total. The van der Waals surface area contributed by atoms with Crippen molar-refractivity contribution in [1.29, 1.82) is 0 Å². The van der Waals surface area contributed by atoms with Crippen LogP contribution in [-0.2, 0) is 0 Å². The average Bonchev–Trinajstić information content (AvgIpc) is 3.31. The Morgan fingerprint density at radius 1 is 1.08 bits per heavy atom. The van der Waals surface area contributed by atoms with Crippen LogP contribution in [-0.4, -0.2) is 30.3 Å². The fourth-order valence-corrected chi connectivity index (χ4v) is 4.54. The summed E-state index contributed by atoms with van der Waals surface area (Å²) in [6.45, 7) is 7.17. The highest BCUT2D eigenvalue weighted by atomic mass is 35.5. The smallest absolute Gasteiger partial charge is 0.271 e. The molecular weight excluding hydrogens is 494 g/mol. The van der Waals surface area contributed by atoms with Gasteiger partial charge in [0.1, 0.15) is 0 Å². The van der Waals surface area contributed by atoms with Crippen molar-refractivity contribution < 1.29 is 14.3 Å². The minimum atomic E-state index is -0.303. The number of hydrogen-bond donors (Lipinski definition) is 1. The van der Waals surface area contributed by atoms with E-state index in [0.717, 1.165) is 29.1 Å². The minimum Gasteiger partial charge on any atom is -0.490 e. The topological polar surface area (TPSA) is 72.8 Å². The normalized spacial score (nSPS) is 11.1. The van der Waals surface area contributed by atoms with Gasteiger partial charge in [-0.2, -0.15) is 5.10 Å². The number of hydrazone groups is 1. The SMILES string of the molecule is CCCCCCCCOc1c(Cl)cc(/C=N/NC(=O)c2ccc(-c3csc(C)n3)cc2)cc1OCC. The highest BCUT2D eigenvalue weighted by molar-refractivity contribution is 7.09. The van der Waals surface area contributed by atoms with Gasteiger partial charge in [-0.25, -0.2) is 10.4 Å². The van der Waals surface area contributed by atoms with Crippen LogP contribution in [0.1, 0.15) is 73.3 Å². The number of ether oxygens (including phenoxy) is 2. The molecule has 0 aliphatic rings. The largest absolute Gasteiger partial charge is 0.490 e. The van der Waals surface area contributed by atoms with E-state index in [1.165, 1.54) is 31.9 Å². The first-order valence-electron chi connectivity index (χ1n) is 12.5. The van der Waals surface area contributed by atoms with E-state index in [-0.39, 0.29) is 5.91 Å². The molecule has 1 heterocycles. The second-order valence-electron chi connectivity index (χ2n) is 8.41. The van der Waals surface area contributed by atoms with Crippen LogP contribution >= 0.6 is 22.9 Å². The third kappa shape index (κ3) is 8.35. The van der Waals surface area contributed by atoms with E-state index < -0.39 is 0 Å². The van der Waals surface area contributed by atoms with Crippen molar-refractivity contribution in [3.05, 3.63) is 62.9 Å². The molecule has 192 valence electrons. The number of halogens is 1. The van der Waals surface area contributed by atoms with Gasteiger partial charge in [0.25, 0.3) is 5.91 Å². The number of aromatic nitrogens is 1. The number of aryl methyl sites for hydroxylation is 1. The molecular formula is C28H34ClN3O3S. The molecule has 0 aliphatic carbocycles. The zero-order chi connectivity index (χ0) is 25.8. The van der Waals surface area contributed by atoms with Crippen molar-refractivity contribution in [3.8, 4) is 22.8 Å². The lowest BCUT2D eigenvalue weighted by molar-refractivity contribution is 0.0955. The van der Waals surface area contributed by atoms with Gasteiger partial charge >= 0.3 is 0 Å². The molecule has 0 saturated carbocycles. The summed E-state index contributed by atoms with van der Waals surface area (Å²) in [5, 5.41) is 7.55. The molecule has 0 spiro atoms. The molecule has 36 heavy (non-hydrogen) atoms. The maximum absolute atomic E-state index is 12.5. The van der Waals surface area contributed by atoms with E-state index in [1.807, 2.05) is 37.4 Å². The number of nitrogens with zero attached hydrogens (tertiary/aromatic N) is 2. The van der Waals surface area contributed by atoms with Gasteiger partial charge in [0.15, 0.2) is 11.5 Å². The molecule has 0 saturated heterocycles. The molecule has 2 aromatic carbocycles. The fraction of sp³-hybridized carbons (Fsp3) is 0.393. The lowest BCUT2D eigenvalue weighted by Gasteiger charge is -2.14. The van der Waals surface area contributed by atoms with Gasteiger partial charge in [-0.3, -0.25) is 4.79 Å². The minimum absolute atomic E-state index is 0.303. The number of benzene rings is 2. The number of rotatable bonds is 14. The molecule has 8 heteroatoms. The molecule has 3 rings (SSSR count). The van der Waals surface area contributed by atoms with Gasteiger partial charge < -0.3 is 9.47 Å². The molecule has 1 amide bonds. The first kappa shape index (κ1) is 27.7. The van der Waals surface area contributed by atoms with Crippen LogP contribution in [0.3, 0.4) is 0 Å². The first-order chi connectivity index (χ1) is 17.5. The fourth-order valence-electron chi connectivity index (χ4n) is 3.64. The van der Waals surface area contributed by atoms with E-state index in [2.05, 4.69) is 22.4 Å². The second-order valence-corrected chi connectivity index (χ2v) is 9.88. The number of amides is 1. The van der Waals surface area contributed by atoms with Gasteiger partial charge in [0.05, 0.1) is 35.2 Å². The molecule has 0 bridgehead atoms. The quantitative estimate of drug-likeness (QED) is 0.132. The van der Waals surface area contributed by atoms with E-state index in [9.17, 15) is 4.79 Å². The van der Waals surface area contributed by atoms with Crippen LogP contribution in [0.2, 0.25) is 5.02 Å². The summed E-state index contributed by atoms with van der Waals surface area (Å²) >= 11 is 8.09. The number of nitrogens with one attached hydrogen (secondary N) is 1. The average molecular weight is 528 g/mol. The third-order valence-electron chi connectivity index (χ3n) is 5.52. The van der Waals surface area contributed by atoms with Gasteiger partial charge in [-0.1, -0.05) is 62.8 Å². The van der Waals surface area contributed by atoms with Crippen molar-refractivity contribution in [3.63, 3.8) is 0 Å². The Labute approximate surface area is 222 Å². The Morgan fingerprint density at radius 2 is 1.83 bits per heavy atom. The highest BCUT2D eigenvalue weighted by Gasteiger charge is 2.13. The van der Waals surface area contributed by atoms with Gasteiger partial charge in [0.2, 0.25) is 0 Å². The third-order valence-corrected chi connectivity index (χ3v) is 6.57. The Balaban J connectivity index is 1.57. The number of carbonyl (C=O) groups excluding carboxylic acids is 1. The maximum Gasteiger partial charge on any atom is 0.271 e. The summed E-state index contributed by atoms with van der Waals surface area (Å²) < 4.78 is 11.7. The van der Waals surface area contributed by atoms with Crippen LogP contribution < -0.4 is 14.9 Å². The molecule has 1 aromatic heterocycles. The van der Waals surface area contributed by atoms with Crippen molar-refractivity contribution in [2.24, 2.45) is 5.10 Å². The first-order valence-corrected chi connectivity index (χ1v) is 13.7. The van der Waals surface area contributed by atoms with Gasteiger partial charge in [0, 0.05) is 16.5 Å². The van der Waals surface area contributed by atoms with Gasteiger partial charge in [-0.05, 0) is 50.1 Å². The van der Waals surface area contributed by atoms with Crippen molar-refractivity contribution >= 4 is 35.1 Å². The van der Waals surface area contributed by atoms with Gasteiger partial charge in [-0.15, -0.1) is 11.3 Å². The predicted octanol–water partition coefficient (Wildman–Crippen LogP) is 7.67. The number of carbonyl (C=O) groups is 1. The van der Waals surface area contributed by atoms with Crippen molar-refractivity contribution in [2.75, 3.05) is 13.2 Å². The Kier molecular flexibility index (Phi) is 11.2. The van der Waals surface area contributed by atoms with E-state index >= 15 is 0 Å². The summed E-state index contributed by atoms with van der Waals surface area (Å²) in [5.41, 5.74) is 5.64. The number of unbranched alkanes of at least 4 members (excludes halogenated alkanes) is 5. The van der Waals surface area contributed by atoms with E-state index in [0.29, 0.717) is 40.9 Å². The van der Waals surface area contributed by atoms with Crippen LogP contribution in [0.15, 0.2) is 46.9 Å². The van der Waals surface area contributed by atoms with Crippen LogP contribution in [0.25, 0.3) is 11.3 Å². The Hall–Kier alpha value is -2.90. The molecule has 0 unspecified atom stereocenters. The summed E-state index contributed by atoms with van der Waals surface area (Å²) in [6.07, 6.45) is 8.66. The van der Waals surface area contributed by atoms with E-state index in [4.69, 9.17) is 21.1 Å². The van der Waals surface area contributed by atoms with Crippen LogP contribution in [0.5, 0.6) is 11.5 Å². The Morgan fingerprint density at radius 3 is 2.53 bits per heavy atom. The molecule has 0 fully saturated rings. The van der Waals surface area contributed by atoms with Crippen molar-refractivity contribution in [1.82, 2.24) is 10.4 Å². The van der Waals surface area contributed by atoms with E-state index in [1.54, 1.807) is 29.5 Å². The molecule has 3 aromatic rings. The summed E-state index contributed by atoms with van der Waals surface area (Å²) in [5.74, 6) is 0.808.